The largest absolute Gasteiger partial charge is 0.419 e. The molecule has 1 amide bonds. The second-order valence-corrected chi connectivity index (χ2v) is 13.4. The van der Waals surface area contributed by atoms with Crippen molar-refractivity contribution in [3.8, 4) is 11.3 Å². The van der Waals surface area contributed by atoms with Crippen LogP contribution in [0.3, 0.4) is 0 Å². The van der Waals surface area contributed by atoms with E-state index >= 15 is 0 Å². The van der Waals surface area contributed by atoms with Gasteiger partial charge in [0.25, 0.3) is 5.91 Å². The summed E-state index contributed by atoms with van der Waals surface area (Å²) in [6.45, 7) is 3.15. The van der Waals surface area contributed by atoms with Crippen molar-refractivity contribution in [3.05, 3.63) is 35.7 Å². The van der Waals surface area contributed by atoms with Crippen LogP contribution in [0.4, 0.5) is 23.5 Å². The van der Waals surface area contributed by atoms with Gasteiger partial charge in [0.15, 0.2) is 0 Å². The third-order valence-corrected chi connectivity index (χ3v) is 8.64. The molecule has 38 heavy (non-hydrogen) atoms. The number of aromatic nitrogens is 3. The Morgan fingerprint density at radius 2 is 1.84 bits per heavy atom. The van der Waals surface area contributed by atoms with E-state index in [1.807, 2.05) is 0 Å². The number of halogens is 4. The first-order chi connectivity index (χ1) is 17.9. The van der Waals surface area contributed by atoms with Crippen LogP contribution in [0.5, 0.6) is 0 Å². The summed E-state index contributed by atoms with van der Waals surface area (Å²) in [5, 5.41) is 9.58. The van der Waals surface area contributed by atoms with E-state index < -0.39 is 31.0 Å². The van der Waals surface area contributed by atoms with Crippen molar-refractivity contribution in [2.24, 2.45) is 0 Å². The van der Waals surface area contributed by atoms with Crippen LogP contribution in [-0.4, -0.2) is 65.5 Å². The third-order valence-electron chi connectivity index (χ3n) is 7.10. The highest BCUT2D eigenvalue weighted by Gasteiger charge is 2.37. The van der Waals surface area contributed by atoms with Crippen molar-refractivity contribution in [3.63, 3.8) is 0 Å². The summed E-state index contributed by atoms with van der Waals surface area (Å²) < 4.78 is 70.0. The fraction of sp³-hybridized carbons (Fsp3) is 0.480. The highest BCUT2D eigenvalue weighted by atomic mass is 31.2. The Morgan fingerprint density at radius 1 is 1.08 bits per heavy atom. The second-order valence-electron chi connectivity index (χ2n) is 10.3. The summed E-state index contributed by atoms with van der Waals surface area (Å²) in [6.07, 6.45) is -1.39. The lowest BCUT2D eigenvalue weighted by Crippen LogP contribution is -2.35. The summed E-state index contributed by atoms with van der Waals surface area (Å²) in [7, 11) is -3.13. The quantitative estimate of drug-likeness (QED) is 0.265. The summed E-state index contributed by atoms with van der Waals surface area (Å²) in [4.78, 5) is 24.2. The molecule has 0 saturated heterocycles. The standard InChI is InChI=1S/C25H29F4N6O2P/c1-38(2,37)22-17-6-5-16-18(11-31-21(16)22)20-19(25(27,28)29)12-33-24(35-20)34-15-4-3-14(9-15)30-8-7-13(26)10-32-23(17)36/h5-6,11-15,30-31H,3-4,7-10H2,1-2H3,(H,32,36)(H,33,34,35)/t13-,14+,15+/m1/s1. The molecule has 3 atom stereocenters. The molecule has 1 aromatic carbocycles. The SMILES string of the molecule is CP(C)(=O)c1c2ccc3c(c[nH]c13)-c1nc(ncc1C(F)(F)F)N[C@H]1CC[C@@H](C1)NCC[C@@H](F)CNC2=O. The average molecular weight is 553 g/mol. The van der Waals surface area contributed by atoms with Gasteiger partial charge in [0, 0.05) is 47.3 Å². The van der Waals surface area contributed by atoms with Gasteiger partial charge in [-0.05, 0) is 51.6 Å². The van der Waals surface area contributed by atoms with E-state index in [2.05, 4.69) is 30.9 Å². The number of anilines is 1. The van der Waals surface area contributed by atoms with Gasteiger partial charge in [0.2, 0.25) is 5.95 Å². The average Bonchev–Trinajstić information content (AvgIpc) is 3.46. The molecule has 3 aromatic rings. The van der Waals surface area contributed by atoms with E-state index in [1.54, 1.807) is 0 Å². The maximum atomic E-state index is 14.6. The summed E-state index contributed by atoms with van der Waals surface area (Å²) in [5.74, 6) is -0.527. The van der Waals surface area contributed by atoms with E-state index in [0.29, 0.717) is 18.4 Å². The van der Waals surface area contributed by atoms with Gasteiger partial charge in [-0.2, -0.15) is 13.2 Å². The number of nitrogens with one attached hydrogen (secondary N) is 4. The normalized spacial score (nSPS) is 23.1. The minimum Gasteiger partial charge on any atom is -0.360 e. The van der Waals surface area contributed by atoms with Gasteiger partial charge in [0.1, 0.15) is 18.9 Å². The van der Waals surface area contributed by atoms with E-state index in [4.69, 9.17) is 0 Å². The number of H-pyrrole nitrogens is 1. The molecule has 2 aromatic heterocycles. The number of fused-ring (bicyclic) bond motifs is 7. The maximum absolute atomic E-state index is 14.6. The topological polar surface area (TPSA) is 112 Å². The number of aromatic amines is 1. The molecule has 0 unspecified atom stereocenters. The lowest BCUT2D eigenvalue weighted by molar-refractivity contribution is -0.137. The molecule has 4 N–H and O–H groups in total. The molecule has 1 saturated carbocycles. The number of amides is 1. The molecule has 6 rings (SSSR count). The van der Waals surface area contributed by atoms with Gasteiger partial charge in [-0.3, -0.25) is 4.79 Å². The molecule has 204 valence electrons. The zero-order valence-corrected chi connectivity index (χ0v) is 21.8. The van der Waals surface area contributed by atoms with E-state index in [1.165, 1.54) is 31.7 Å². The first-order valence-electron chi connectivity index (χ1n) is 12.5. The van der Waals surface area contributed by atoms with E-state index in [-0.39, 0.29) is 58.6 Å². The molecule has 8 bridgehead atoms. The van der Waals surface area contributed by atoms with Crippen molar-refractivity contribution in [2.75, 3.05) is 31.7 Å². The van der Waals surface area contributed by atoms with Crippen molar-refractivity contribution < 1.29 is 26.9 Å². The van der Waals surface area contributed by atoms with Crippen LogP contribution in [-0.2, 0) is 10.7 Å². The fourth-order valence-electron chi connectivity index (χ4n) is 5.31. The molecule has 1 fully saturated rings. The number of rotatable bonds is 1. The van der Waals surface area contributed by atoms with Crippen molar-refractivity contribution in [2.45, 2.75) is 50.1 Å². The molecule has 0 radical (unpaired) electrons. The monoisotopic (exact) mass is 552 g/mol. The highest BCUT2D eigenvalue weighted by molar-refractivity contribution is 7.70. The van der Waals surface area contributed by atoms with Crippen molar-refractivity contribution >= 4 is 35.2 Å². The van der Waals surface area contributed by atoms with Crippen LogP contribution >= 0.6 is 7.14 Å². The predicted molar refractivity (Wildman–Crippen MR) is 138 cm³/mol. The first kappa shape index (κ1) is 26.6. The van der Waals surface area contributed by atoms with Gasteiger partial charge in [-0.15, -0.1) is 0 Å². The zero-order chi connectivity index (χ0) is 27.2. The van der Waals surface area contributed by atoms with E-state index in [9.17, 15) is 26.9 Å². The molecule has 3 aliphatic rings. The van der Waals surface area contributed by atoms with Crippen molar-refractivity contribution in [1.29, 1.82) is 0 Å². The number of carbonyl (C=O) groups is 1. The number of hydrogen-bond donors (Lipinski definition) is 4. The number of alkyl halides is 4. The lowest BCUT2D eigenvalue weighted by Gasteiger charge is -2.17. The maximum Gasteiger partial charge on any atom is 0.419 e. The van der Waals surface area contributed by atoms with Crippen LogP contribution in [0, 0.1) is 0 Å². The van der Waals surface area contributed by atoms with Gasteiger partial charge in [0.05, 0.1) is 16.8 Å². The van der Waals surface area contributed by atoms with E-state index in [0.717, 1.165) is 19.0 Å². The molecule has 8 nitrogen and oxygen atoms in total. The second kappa shape index (κ2) is 9.96. The number of hydrogen-bond acceptors (Lipinski definition) is 6. The Bertz CT molecular complexity index is 1420. The minimum absolute atomic E-state index is 0.0529. The van der Waals surface area contributed by atoms with Crippen LogP contribution in [0.15, 0.2) is 24.5 Å². The van der Waals surface area contributed by atoms with Gasteiger partial charge >= 0.3 is 6.18 Å². The van der Waals surface area contributed by atoms with Crippen LogP contribution < -0.4 is 21.3 Å². The molecular weight excluding hydrogens is 523 g/mol. The number of carbonyl (C=O) groups excluding carboxylic acids is 1. The first-order valence-corrected chi connectivity index (χ1v) is 15.1. The molecule has 4 heterocycles. The number of benzene rings is 1. The van der Waals surface area contributed by atoms with Crippen LogP contribution in [0.25, 0.3) is 22.2 Å². The fourth-order valence-corrected chi connectivity index (χ4v) is 6.79. The number of nitrogens with zero attached hydrogens (tertiary/aromatic N) is 2. The molecule has 13 heteroatoms. The Balaban J connectivity index is 1.69. The third kappa shape index (κ3) is 5.29. The summed E-state index contributed by atoms with van der Waals surface area (Å²) >= 11 is 0. The molecule has 0 spiro atoms. The highest BCUT2D eigenvalue weighted by Crippen LogP contribution is 2.43. The van der Waals surface area contributed by atoms with Gasteiger partial charge in [-0.1, -0.05) is 6.07 Å². The van der Waals surface area contributed by atoms with Crippen LogP contribution in [0.1, 0.15) is 41.6 Å². The smallest absolute Gasteiger partial charge is 0.360 e. The molecule has 2 aliphatic heterocycles. The molecule has 1 aliphatic carbocycles. The predicted octanol–water partition coefficient (Wildman–Crippen LogP) is 4.29. The Hall–Kier alpha value is -2.98. The Labute approximate surface area is 216 Å². The minimum atomic E-state index is -4.72. The molecular formula is C25H29F4N6O2P. The Morgan fingerprint density at radius 3 is 2.58 bits per heavy atom. The summed E-state index contributed by atoms with van der Waals surface area (Å²) in [6, 6.07) is 2.98. The zero-order valence-electron chi connectivity index (χ0n) is 21.0. The van der Waals surface area contributed by atoms with Crippen LogP contribution in [0.2, 0.25) is 0 Å². The lowest BCUT2D eigenvalue weighted by atomic mass is 10.0. The van der Waals surface area contributed by atoms with Gasteiger partial charge in [-0.25, -0.2) is 14.4 Å². The Kier molecular flexibility index (Phi) is 6.98. The summed E-state index contributed by atoms with van der Waals surface area (Å²) in [5.41, 5.74) is -0.820. The van der Waals surface area contributed by atoms with Gasteiger partial charge < -0.3 is 25.5 Å². The van der Waals surface area contributed by atoms with Crippen molar-refractivity contribution in [1.82, 2.24) is 25.6 Å².